The molecular weight excluding hydrogens is 272 g/mol. The predicted octanol–water partition coefficient (Wildman–Crippen LogP) is 3.39. The van der Waals surface area contributed by atoms with Crippen LogP contribution in [0.3, 0.4) is 0 Å². The van der Waals surface area contributed by atoms with E-state index in [1.54, 1.807) is 11.8 Å². The second-order valence-electron chi connectivity index (χ2n) is 5.15. The van der Waals surface area contributed by atoms with E-state index >= 15 is 0 Å². The lowest BCUT2D eigenvalue weighted by molar-refractivity contribution is -0.143. The second-order valence-corrected chi connectivity index (χ2v) is 6.16. The topological polar surface area (TPSA) is 55.0 Å². The summed E-state index contributed by atoms with van der Waals surface area (Å²) >= 11 is 1.62. The molecule has 5 heteroatoms. The molecule has 2 heterocycles. The average Bonchev–Trinajstić information content (AvgIpc) is 3.00. The Balaban J connectivity index is 1.58. The van der Waals surface area contributed by atoms with Crippen LogP contribution in [-0.4, -0.2) is 27.8 Å². The first kappa shape index (κ1) is 13.5. The number of para-hydroxylation sites is 2. The van der Waals surface area contributed by atoms with Gasteiger partial charge in [-0.15, -0.1) is 0 Å². The molecule has 1 aliphatic rings. The van der Waals surface area contributed by atoms with E-state index in [0.717, 1.165) is 41.2 Å². The van der Waals surface area contributed by atoms with Gasteiger partial charge < -0.3 is 9.72 Å². The molecule has 1 aromatic heterocycles. The van der Waals surface area contributed by atoms with Crippen molar-refractivity contribution in [3.05, 3.63) is 24.3 Å². The molecule has 4 nitrogen and oxygen atoms in total. The van der Waals surface area contributed by atoms with Crippen molar-refractivity contribution in [1.29, 1.82) is 0 Å². The van der Waals surface area contributed by atoms with Gasteiger partial charge in [0.2, 0.25) is 0 Å². The molecule has 3 rings (SSSR count). The fourth-order valence-corrected chi connectivity index (χ4v) is 3.47. The van der Waals surface area contributed by atoms with E-state index < -0.39 is 0 Å². The van der Waals surface area contributed by atoms with Gasteiger partial charge >= 0.3 is 5.97 Å². The van der Waals surface area contributed by atoms with Gasteiger partial charge in [0, 0.05) is 5.75 Å². The fraction of sp³-hybridized carbons (Fsp3) is 0.467. The van der Waals surface area contributed by atoms with Crippen molar-refractivity contribution in [2.24, 2.45) is 5.92 Å². The number of aromatic nitrogens is 2. The third kappa shape index (κ3) is 2.82. The number of rotatable bonds is 5. The van der Waals surface area contributed by atoms with Crippen molar-refractivity contribution in [3.8, 4) is 0 Å². The molecule has 0 saturated carbocycles. The molecule has 1 aliphatic heterocycles. The van der Waals surface area contributed by atoms with Crippen LogP contribution in [0, 0.1) is 5.92 Å². The molecule has 2 atom stereocenters. The van der Waals surface area contributed by atoms with E-state index in [1.807, 2.05) is 24.3 Å². The summed E-state index contributed by atoms with van der Waals surface area (Å²) < 4.78 is 5.42. The van der Waals surface area contributed by atoms with E-state index in [-0.39, 0.29) is 18.0 Å². The van der Waals surface area contributed by atoms with E-state index in [1.165, 1.54) is 0 Å². The summed E-state index contributed by atoms with van der Waals surface area (Å²) in [6.45, 7) is 2.10. The highest BCUT2D eigenvalue weighted by Crippen LogP contribution is 2.29. The van der Waals surface area contributed by atoms with Crippen LogP contribution in [-0.2, 0) is 9.53 Å². The van der Waals surface area contributed by atoms with E-state index in [2.05, 4.69) is 16.9 Å². The summed E-state index contributed by atoms with van der Waals surface area (Å²) in [4.78, 5) is 19.5. The highest BCUT2D eigenvalue weighted by Gasteiger charge is 2.33. The molecule has 106 valence electrons. The first-order chi connectivity index (χ1) is 9.76. The summed E-state index contributed by atoms with van der Waals surface area (Å²) in [5, 5.41) is 0.890. The van der Waals surface area contributed by atoms with Gasteiger partial charge in [0.05, 0.1) is 17.0 Å². The van der Waals surface area contributed by atoms with Crippen LogP contribution in [0.15, 0.2) is 29.4 Å². The molecule has 1 saturated heterocycles. The Bertz CT molecular complexity index is 578. The average molecular weight is 290 g/mol. The molecule has 0 amide bonds. The number of cyclic esters (lactones) is 1. The van der Waals surface area contributed by atoms with Crippen LogP contribution in [0.4, 0.5) is 0 Å². The van der Waals surface area contributed by atoms with Crippen molar-refractivity contribution in [2.75, 3.05) is 5.75 Å². The minimum Gasteiger partial charge on any atom is -0.461 e. The first-order valence-electron chi connectivity index (χ1n) is 7.04. The number of carbonyl (C=O) groups is 1. The maximum absolute atomic E-state index is 11.7. The molecule has 20 heavy (non-hydrogen) atoms. The van der Waals surface area contributed by atoms with Gasteiger partial charge in [0.1, 0.15) is 6.10 Å². The van der Waals surface area contributed by atoms with Crippen LogP contribution in [0.2, 0.25) is 0 Å². The number of fused-ring (bicyclic) bond motifs is 1. The van der Waals surface area contributed by atoms with E-state index in [4.69, 9.17) is 4.74 Å². The minimum atomic E-state index is -0.0259. The number of hydrogen-bond donors (Lipinski definition) is 1. The molecule has 0 radical (unpaired) electrons. The van der Waals surface area contributed by atoms with Crippen LogP contribution < -0.4 is 0 Å². The van der Waals surface area contributed by atoms with E-state index in [9.17, 15) is 4.79 Å². The van der Waals surface area contributed by atoms with Crippen LogP contribution in [0.5, 0.6) is 0 Å². The Morgan fingerprint density at radius 1 is 1.45 bits per heavy atom. The zero-order valence-corrected chi connectivity index (χ0v) is 12.3. The SMILES string of the molecule is CCC[C@H]1C[C@H](CSc2nc3ccccc3[nH]2)OC1=O. The van der Waals surface area contributed by atoms with Gasteiger partial charge in [-0.1, -0.05) is 37.2 Å². The van der Waals surface area contributed by atoms with Crippen molar-refractivity contribution >= 4 is 28.8 Å². The standard InChI is InChI=1S/C15H18N2O2S/c1-2-5-10-8-11(19-14(10)18)9-20-15-16-12-6-3-4-7-13(12)17-15/h3-4,6-7,10-11H,2,5,8-9H2,1H3,(H,16,17)/t10-,11+/m0/s1. The van der Waals surface area contributed by atoms with Gasteiger partial charge in [-0.25, -0.2) is 4.98 Å². The van der Waals surface area contributed by atoms with Crippen LogP contribution in [0.25, 0.3) is 11.0 Å². The van der Waals surface area contributed by atoms with Crippen molar-refractivity contribution in [1.82, 2.24) is 9.97 Å². The zero-order valence-electron chi connectivity index (χ0n) is 11.5. The molecule has 0 unspecified atom stereocenters. The number of imidazole rings is 1. The number of nitrogens with zero attached hydrogens (tertiary/aromatic N) is 1. The van der Waals surface area contributed by atoms with Crippen LogP contribution in [0.1, 0.15) is 26.2 Å². The summed E-state index contributed by atoms with van der Waals surface area (Å²) in [5.41, 5.74) is 2.02. The zero-order chi connectivity index (χ0) is 13.9. The molecule has 0 bridgehead atoms. The maximum atomic E-state index is 11.7. The lowest BCUT2D eigenvalue weighted by atomic mass is 10.0. The molecule has 1 fully saturated rings. The van der Waals surface area contributed by atoms with Crippen molar-refractivity contribution < 1.29 is 9.53 Å². The molecular formula is C15H18N2O2S. The highest BCUT2D eigenvalue weighted by molar-refractivity contribution is 7.99. The number of benzene rings is 1. The van der Waals surface area contributed by atoms with Gasteiger partial charge in [0.25, 0.3) is 0 Å². The molecule has 0 spiro atoms. The number of ether oxygens (including phenoxy) is 1. The molecule has 0 aliphatic carbocycles. The Labute approximate surface area is 122 Å². The summed E-state index contributed by atoms with van der Waals surface area (Å²) in [7, 11) is 0. The quantitative estimate of drug-likeness (QED) is 0.677. The second kappa shape index (κ2) is 5.87. The smallest absolute Gasteiger partial charge is 0.309 e. The van der Waals surface area contributed by atoms with Gasteiger partial charge in [-0.05, 0) is 25.0 Å². The molecule has 1 aromatic carbocycles. The lowest BCUT2D eigenvalue weighted by Crippen LogP contribution is -2.09. The normalized spacial score (nSPS) is 22.4. The largest absolute Gasteiger partial charge is 0.461 e. The lowest BCUT2D eigenvalue weighted by Gasteiger charge is -2.06. The van der Waals surface area contributed by atoms with Gasteiger partial charge in [0.15, 0.2) is 5.16 Å². The maximum Gasteiger partial charge on any atom is 0.309 e. The Morgan fingerprint density at radius 2 is 2.30 bits per heavy atom. The molecule has 2 aromatic rings. The summed E-state index contributed by atoms with van der Waals surface area (Å²) in [6, 6.07) is 7.97. The number of carbonyl (C=O) groups excluding carboxylic acids is 1. The number of nitrogens with one attached hydrogen (secondary N) is 1. The van der Waals surface area contributed by atoms with Gasteiger partial charge in [-0.2, -0.15) is 0 Å². The fourth-order valence-electron chi connectivity index (χ4n) is 2.58. The molecule has 1 N–H and O–H groups in total. The van der Waals surface area contributed by atoms with Gasteiger partial charge in [-0.3, -0.25) is 4.79 Å². The minimum absolute atomic E-state index is 0.0252. The number of thioether (sulfide) groups is 1. The Hall–Kier alpha value is -1.49. The number of hydrogen-bond acceptors (Lipinski definition) is 4. The summed E-state index contributed by atoms with van der Waals surface area (Å²) in [6.07, 6.45) is 2.84. The highest BCUT2D eigenvalue weighted by atomic mass is 32.2. The van der Waals surface area contributed by atoms with E-state index in [0.29, 0.717) is 0 Å². The monoisotopic (exact) mass is 290 g/mol. The third-order valence-electron chi connectivity index (χ3n) is 3.57. The van der Waals surface area contributed by atoms with Crippen LogP contribution >= 0.6 is 11.8 Å². The first-order valence-corrected chi connectivity index (χ1v) is 8.03. The predicted molar refractivity (Wildman–Crippen MR) is 79.7 cm³/mol. The Morgan fingerprint density at radius 3 is 3.10 bits per heavy atom. The third-order valence-corrected chi connectivity index (χ3v) is 4.58. The summed E-state index contributed by atoms with van der Waals surface area (Å²) in [5.74, 6) is 0.842. The number of H-pyrrole nitrogens is 1. The number of esters is 1. The Kier molecular flexibility index (Phi) is 3.96. The number of aromatic amines is 1. The van der Waals surface area contributed by atoms with Crippen molar-refractivity contribution in [3.63, 3.8) is 0 Å². The van der Waals surface area contributed by atoms with Crippen molar-refractivity contribution in [2.45, 2.75) is 37.4 Å².